The molecule has 2 aromatic rings. The van der Waals surface area contributed by atoms with Crippen LogP contribution in [-0.4, -0.2) is 13.4 Å². The molecule has 0 amide bonds. The highest BCUT2D eigenvalue weighted by molar-refractivity contribution is 7.94. The van der Waals surface area contributed by atoms with Crippen molar-refractivity contribution in [2.45, 2.75) is 4.90 Å². The summed E-state index contributed by atoms with van der Waals surface area (Å²) in [7, 11) is -3.36. The molecule has 0 aliphatic rings. The van der Waals surface area contributed by atoms with Crippen LogP contribution in [0.15, 0.2) is 65.2 Å². The number of rotatable bonds is 3. The van der Waals surface area contributed by atoms with Gasteiger partial charge in [0.2, 0.25) is 0 Å². The second kappa shape index (κ2) is 4.93. The third-order valence-electron chi connectivity index (χ3n) is 2.22. The lowest BCUT2D eigenvalue weighted by molar-refractivity contribution is 0.605. The zero-order valence-corrected chi connectivity index (χ0v) is 9.84. The summed E-state index contributed by atoms with van der Waals surface area (Å²) in [6, 6.07) is 11.8. The van der Waals surface area contributed by atoms with Crippen LogP contribution in [0.5, 0.6) is 0 Å². The quantitative estimate of drug-likeness (QED) is 0.834. The Hall–Kier alpha value is -1.94. The number of sulfone groups is 1. The molecule has 0 saturated carbocycles. The molecule has 1 aromatic carbocycles. The molecule has 0 spiro atoms. The summed E-state index contributed by atoms with van der Waals surface area (Å²) in [6.07, 6.45) is 4.80. The zero-order chi connectivity index (χ0) is 12.1. The Morgan fingerprint density at radius 3 is 2.24 bits per heavy atom. The van der Waals surface area contributed by atoms with Crippen LogP contribution in [-0.2, 0) is 9.84 Å². The van der Waals surface area contributed by atoms with Gasteiger partial charge in [-0.15, -0.1) is 0 Å². The van der Waals surface area contributed by atoms with Gasteiger partial charge in [-0.2, -0.15) is 0 Å². The highest BCUT2D eigenvalue weighted by Gasteiger charge is 2.08. The van der Waals surface area contributed by atoms with Gasteiger partial charge in [0.05, 0.1) is 4.90 Å². The van der Waals surface area contributed by atoms with Gasteiger partial charge in [0.25, 0.3) is 0 Å². The molecule has 0 unspecified atom stereocenters. The van der Waals surface area contributed by atoms with Crippen LogP contribution >= 0.6 is 0 Å². The van der Waals surface area contributed by atoms with E-state index in [1.54, 1.807) is 60.9 Å². The first-order chi connectivity index (χ1) is 8.18. The molecule has 3 nitrogen and oxygen atoms in total. The van der Waals surface area contributed by atoms with E-state index in [0.29, 0.717) is 4.90 Å². The van der Waals surface area contributed by atoms with Gasteiger partial charge in [0, 0.05) is 17.8 Å². The Balaban J connectivity index is 2.28. The molecule has 0 aliphatic heterocycles. The van der Waals surface area contributed by atoms with E-state index in [1.807, 2.05) is 0 Å². The molecule has 1 heterocycles. The zero-order valence-electron chi connectivity index (χ0n) is 9.02. The molecule has 0 atom stereocenters. The average molecular weight is 245 g/mol. The molecule has 2 rings (SSSR count). The van der Waals surface area contributed by atoms with Crippen LogP contribution in [0.4, 0.5) is 0 Å². The Kier molecular flexibility index (Phi) is 3.35. The third kappa shape index (κ3) is 3.01. The first-order valence-corrected chi connectivity index (χ1v) is 6.61. The summed E-state index contributed by atoms with van der Waals surface area (Å²) >= 11 is 0. The fourth-order valence-electron chi connectivity index (χ4n) is 1.33. The summed E-state index contributed by atoms with van der Waals surface area (Å²) in [5.41, 5.74) is 0.805. The van der Waals surface area contributed by atoms with Crippen LogP contribution in [0, 0.1) is 0 Å². The molecule has 0 radical (unpaired) electrons. The molecule has 0 bridgehead atoms. The van der Waals surface area contributed by atoms with Crippen LogP contribution in [0.3, 0.4) is 0 Å². The molecule has 17 heavy (non-hydrogen) atoms. The highest BCUT2D eigenvalue weighted by Crippen LogP contribution is 2.12. The lowest BCUT2D eigenvalue weighted by atomic mass is 10.3. The van der Waals surface area contributed by atoms with Crippen molar-refractivity contribution in [3.63, 3.8) is 0 Å². The maximum absolute atomic E-state index is 11.9. The first-order valence-electron chi connectivity index (χ1n) is 5.07. The molecule has 0 fully saturated rings. The van der Waals surface area contributed by atoms with E-state index in [-0.39, 0.29) is 0 Å². The van der Waals surface area contributed by atoms with E-state index in [4.69, 9.17) is 0 Å². The second-order valence-corrected chi connectivity index (χ2v) is 5.27. The van der Waals surface area contributed by atoms with Crippen molar-refractivity contribution in [1.29, 1.82) is 0 Å². The fraction of sp³-hybridized carbons (Fsp3) is 0. The van der Waals surface area contributed by atoms with E-state index >= 15 is 0 Å². The van der Waals surface area contributed by atoms with Crippen LogP contribution in [0.25, 0.3) is 6.08 Å². The second-order valence-electron chi connectivity index (χ2n) is 3.44. The van der Waals surface area contributed by atoms with Crippen LogP contribution < -0.4 is 0 Å². The van der Waals surface area contributed by atoms with Gasteiger partial charge < -0.3 is 0 Å². The summed E-state index contributed by atoms with van der Waals surface area (Å²) in [4.78, 5) is 4.16. The summed E-state index contributed by atoms with van der Waals surface area (Å²) < 4.78 is 23.8. The predicted molar refractivity (Wildman–Crippen MR) is 66.9 cm³/mol. The minimum absolute atomic E-state index is 0.297. The topological polar surface area (TPSA) is 47.0 Å². The Morgan fingerprint density at radius 1 is 0.941 bits per heavy atom. The van der Waals surface area contributed by atoms with E-state index in [1.165, 1.54) is 5.41 Å². The van der Waals surface area contributed by atoms with Crippen molar-refractivity contribution in [3.8, 4) is 0 Å². The predicted octanol–water partition coefficient (Wildman–Crippen LogP) is 2.53. The Bertz CT molecular complexity index is 604. The average Bonchev–Trinajstić information content (AvgIpc) is 2.39. The third-order valence-corrected chi connectivity index (χ3v) is 3.64. The van der Waals surface area contributed by atoms with E-state index in [2.05, 4.69) is 4.98 Å². The van der Waals surface area contributed by atoms with Crippen LogP contribution in [0.1, 0.15) is 5.56 Å². The molecule has 4 heteroatoms. The van der Waals surface area contributed by atoms with Crippen molar-refractivity contribution < 1.29 is 8.42 Å². The molecule has 0 saturated heterocycles. The van der Waals surface area contributed by atoms with E-state index in [0.717, 1.165) is 5.56 Å². The molecule has 86 valence electrons. The number of pyridine rings is 1. The monoisotopic (exact) mass is 245 g/mol. The molecule has 0 N–H and O–H groups in total. The summed E-state index contributed by atoms with van der Waals surface area (Å²) in [6.45, 7) is 0. The smallest absolute Gasteiger partial charge is 0.199 e. The number of aromatic nitrogens is 1. The molecule has 1 aromatic heterocycles. The minimum atomic E-state index is -3.36. The molecular formula is C13H11NO2S. The highest BCUT2D eigenvalue weighted by atomic mass is 32.2. The largest absolute Gasteiger partial charge is 0.265 e. The Labute approximate surface area is 100 Å². The van der Waals surface area contributed by atoms with Crippen molar-refractivity contribution in [2.75, 3.05) is 0 Å². The standard InChI is InChI=1S/C13H11NO2S/c15-17(16,13-4-2-1-3-5-13)11-8-12-6-9-14-10-7-12/h1-11H. The van der Waals surface area contributed by atoms with E-state index < -0.39 is 9.84 Å². The van der Waals surface area contributed by atoms with Gasteiger partial charge in [-0.1, -0.05) is 18.2 Å². The number of hydrogen-bond acceptors (Lipinski definition) is 3. The van der Waals surface area contributed by atoms with E-state index in [9.17, 15) is 8.42 Å². The minimum Gasteiger partial charge on any atom is -0.265 e. The Morgan fingerprint density at radius 2 is 1.59 bits per heavy atom. The maximum atomic E-state index is 11.9. The number of benzene rings is 1. The lowest BCUT2D eigenvalue weighted by Crippen LogP contribution is -1.95. The lowest BCUT2D eigenvalue weighted by Gasteiger charge is -1.97. The maximum Gasteiger partial charge on any atom is 0.199 e. The molecular weight excluding hydrogens is 234 g/mol. The van der Waals surface area contributed by atoms with Gasteiger partial charge in [0.15, 0.2) is 9.84 Å². The van der Waals surface area contributed by atoms with Crippen molar-refractivity contribution in [3.05, 3.63) is 65.8 Å². The SMILES string of the molecule is O=S(=O)(C=Cc1ccncc1)c1ccccc1. The first kappa shape index (κ1) is 11.5. The summed E-state index contributed by atoms with van der Waals surface area (Å²) in [5, 5.41) is 1.21. The van der Waals surface area contributed by atoms with Gasteiger partial charge in [-0.3, -0.25) is 4.98 Å². The number of hydrogen-bond donors (Lipinski definition) is 0. The van der Waals surface area contributed by atoms with Gasteiger partial charge in [-0.05, 0) is 35.9 Å². The van der Waals surface area contributed by atoms with Crippen molar-refractivity contribution in [1.82, 2.24) is 4.98 Å². The van der Waals surface area contributed by atoms with Gasteiger partial charge in [-0.25, -0.2) is 8.42 Å². The van der Waals surface area contributed by atoms with Gasteiger partial charge >= 0.3 is 0 Å². The normalized spacial score (nSPS) is 11.8. The summed E-state index contributed by atoms with van der Waals surface area (Å²) in [5.74, 6) is 0. The van der Waals surface area contributed by atoms with Crippen LogP contribution in [0.2, 0.25) is 0 Å². The van der Waals surface area contributed by atoms with Crippen molar-refractivity contribution >= 4 is 15.9 Å². The van der Waals surface area contributed by atoms with Crippen molar-refractivity contribution in [2.24, 2.45) is 0 Å². The fourth-order valence-corrected chi connectivity index (χ4v) is 2.36. The van der Waals surface area contributed by atoms with Gasteiger partial charge in [0.1, 0.15) is 0 Å². The molecule has 0 aliphatic carbocycles. The number of nitrogens with zero attached hydrogens (tertiary/aromatic N) is 1.